The highest BCUT2D eigenvalue weighted by Crippen LogP contribution is 2.17. The highest BCUT2D eigenvalue weighted by Gasteiger charge is 2.21. The zero-order valence-corrected chi connectivity index (χ0v) is 15.5. The predicted molar refractivity (Wildman–Crippen MR) is 92.4 cm³/mol. The molecule has 1 N–H and O–H groups in total. The Hall–Kier alpha value is -0.130. The van der Waals surface area contributed by atoms with Gasteiger partial charge in [0.15, 0.2) is 0 Å². The zero-order valence-electron chi connectivity index (χ0n) is 14.7. The number of unbranched alkanes of at least 4 members (excludes halogenated alkanes) is 9. The Morgan fingerprint density at radius 3 is 1.82 bits per heavy atom. The van der Waals surface area contributed by atoms with E-state index >= 15 is 0 Å². The first kappa shape index (κ1) is 21.9. The van der Waals surface area contributed by atoms with E-state index in [1.807, 2.05) is 6.92 Å². The van der Waals surface area contributed by atoms with Crippen LogP contribution in [0.2, 0.25) is 0 Å². The van der Waals surface area contributed by atoms with Crippen LogP contribution in [0, 0.1) is 5.92 Å². The van der Waals surface area contributed by atoms with Crippen LogP contribution in [0.4, 0.5) is 0 Å². The van der Waals surface area contributed by atoms with Crippen molar-refractivity contribution in [3.63, 3.8) is 0 Å². The van der Waals surface area contributed by atoms with E-state index in [2.05, 4.69) is 11.1 Å². The van der Waals surface area contributed by atoms with E-state index in [-0.39, 0.29) is 11.7 Å². The maximum Gasteiger partial charge on any atom is 0.269 e. The van der Waals surface area contributed by atoms with Crippen LogP contribution in [0.25, 0.3) is 0 Å². The molecule has 0 aromatic carbocycles. The second kappa shape index (κ2) is 13.3. The van der Waals surface area contributed by atoms with E-state index in [1.165, 1.54) is 57.8 Å². The van der Waals surface area contributed by atoms with Crippen molar-refractivity contribution in [3.8, 4) is 0 Å². The molecule has 4 nitrogen and oxygen atoms in total. The molecule has 0 heterocycles. The van der Waals surface area contributed by atoms with Gasteiger partial charge in [-0.3, -0.25) is 4.18 Å². The standard InChI is InChI=1S/C17H36O4S/c1-4-5-6-7-8-9-10-11-12-13-14-16(2)17(18)15-22(19,20)21-3/h16-18H,4-15H2,1-3H3. The number of hydrogen-bond acceptors (Lipinski definition) is 4. The number of aliphatic hydroxyl groups excluding tert-OH is 1. The second-order valence-electron chi connectivity index (χ2n) is 6.41. The van der Waals surface area contributed by atoms with E-state index in [1.54, 1.807) is 0 Å². The van der Waals surface area contributed by atoms with Crippen LogP contribution in [0.1, 0.15) is 84.5 Å². The quantitative estimate of drug-likeness (QED) is 0.358. The van der Waals surface area contributed by atoms with Crippen molar-refractivity contribution in [2.75, 3.05) is 12.9 Å². The summed E-state index contributed by atoms with van der Waals surface area (Å²) in [6.45, 7) is 4.15. The topological polar surface area (TPSA) is 63.6 Å². The van der Waals surface area contributed by atoms with E-state index in [9.17, 15) is 13.5 Å². The van der Waals surface area contributed by atoms with Crippen molar-refractivity contribution < 1.29 is 17.7 Å². The Kier molecular flexibility index (Phi) is 13.2. The Morgan fingerprint density at radius 2 is 1.36 bits per heavy atom. The lowest BCUT2D eigenvalue weighted by molar-refractivity contribution is 0.128. The van der Waals surface area contributed by atoms with E-state index in [0.717, 1.165) is 20.0 Å². The van der Waals surface area contributed by atoms with Crippen molar-refractivity contribution in [1.29, 1.82) is 0 Å². The lowest BCUT2D eigenvalue weighted by Crippen LogP contribution is -2.27. The predicted octanol–water partition coefficient (Wildman–Crippen LogP) is 4.27. The fraction of sp³-hybridized carbons (Fsp3) is 1.00. The Morgan fingerprint density at radius 1 is 0.909 bits per heavy atom. The molecule has 0 spiro atoms. The molecule has 134 valence electrons. The summed E-state index contributed by atoms with van der Waals surface area (Å²) in [6, 6.07) is 0. The smallest absolute Gasteiger partial charge is 0.269 e. The SMILES string of the molecule is CCCCCCCCCCCCC(C)C(O)CS(=O)(=O)OC. The molecule has 0 aromatic heterocycles. The molecule has 2 unspecified atom stereocenters. The number of rotatable bonds is 15. The fourth-order valence-electron chi connectivity index (χ4n) is 2.59. The van der Waals surface area contributed by atoms with Gasteiger partial charge in [-0.1, -0.05) is 78.1 Å². The van der Waals surface area contributed by atoms with Crippen LogP contribution in [0.3, 0.4) is 0 Å². The third-order valence-corrected chi connectivity index (χ3v) is 5.56. The average molecular weight is 337 g/mol. The summed E-state index contributed by atoms with van der Waals surface area (Å²) in [6.07, 6.45) is 12.9. The molecule has 0 amide bonds. The highest BCUT2D eigenvalue weighted by atomic mass is 32.2. The summed E-state index contributed by atoms with van der Waals surface area (Å²) < 4.78 is 26.9. The van der Waals surface area contributed by atoms with Gasteiger partial charge in [0.25, 0.3) is 10.1 Å². The molecular formula is C17H36O4S. The summed E-state index contributed by atoms with van der Waals surface area (Å²) in [4.78, 5) is 0. The van der Waals surface area contributed by atoms with Gasteiger partial charge in [0.05, 0.1) is 13.2 Å². The van der Waals surface area contributed by atoms with Crippen LogP contribution in [-0.2, 0) is 14.3 Å². The molecule has 22 heavy (non-hydrogen) atoms. The minimum atomic E-state index is -3.57. The number of aliphatic hydroxyl groups is 1. The zero-order chi connectivity index (χ0) is 16.8. The minimum absolute atomic E-state index is 0.000955. The van der Waals surface area contributed by atoms with Gasteiger partial charge in [0.1, 0.15) is 5.75 Å². The van der Waals surface area contributed by atoms with Crippen LogP contribution >= 0.6 is 0 Å². The molecule has 0 rings (SSSR count). The third-order valence-electron chi connectivity index (χ3n) is 4.30. The van der Waals surface area contributed by atoms with Gasteiger partial charge in [-0.05, 0) is 12.3 Å². The van der Waals surface area contributed by atoms with E-state index in [0.29, 0.717) is 0 Å². The largest absolute Gasteiger partial charge is 0.392 e. The van der Waals surface area contributed by atoms with Crippen molar-refractivity contribution in [3.05, 3.63) is 0 Å². The molecule has 0 radical (unpaired) electrons. The van der Waals surface area contributed by atoms with Gasteiger partial charge in [-0.25, -0.2) is 0 Å². The monoisotopic (exact) mass is 336 g/mol. The maximum atomic E-state index is 11.3. The van der Waals surface area contributed by atoms with E-state index < -0.39 is 16.2 Å². The number of hydrogen-bond donors (Lipinski definition) is 1. The Balaban J connectivity index is 3.50. The first-order valence-electron chi connectivity index (χ1n) is 8.89. The van der Waals surface area contributed by atoms with Gasteiger partial charge >= 0.3 is 0 Å². The first-order chi connectivity index (χ1) is 10.4. The molecule has 0 bridgehead atoms. The Labute approximate surface area is 137 Å². The average Bonchev–Trinajstić information content (AvgIpc) is 2.48. The fourth-order valence-corrected chi connectivity index (χ4v) is 3.47. The van der Waals surface area contributed by atoms with Crippen molar-refractivity contribution >= 4 is 10.1 Å². The van der Waals surface area contributed by atoms with Crippen LogP contribution in [0.5, 0.6) is 0 Å². The molecule has 0 saturated carbocycles. The van der Waals surface area contributed by atoms with Gasteiger partial charge in [0.2, 0.25) is 0 Å². The highest BCUT2D eigenvalue weighted by molar-refractivity contribution is 7.86. The molecule has 5 heteroatoms. The summed E-state index contributed by atoms with van der Waals surface area (Å²) >= 11 is 0. The van der Waals surface area contributed by atoms with Gasteiger partial charge in [-0.15, -0.1) is 0 Å². The molecule has 0 saturated heterocycles. The minimum Gasteiger partial charge on any atom is -0.392 e. The molecule has 2 atom stereocenters. The summed E-state index contributed by atoms with van der Waals surface area (Å²) in [7, 11) is -2.43. The summed E-state index contributed by atoms with van der Waals surface area (Å²) in [5.41, 5.74) is 0. The third kappa shape index (κ3) is 12.4. The van der Waals surface area contributed by atoms with Gasteiger partial charge < -0.3 is 5.11 Å². The normalized spacial score (nSPS) is 14.9. The lowest BCUT2D eigenvalue weighted by Gasteiger charge is -2.18. The molecule has 0 aliphatic heterocycles. The molecule has 0 fully saturated rings. The second-order valence-corrected chi connectivity index (χ2v) is 8.19. The van der Waals surface area contributed by atoms with Crippen LogP contribution < -0.4 is 0 Å². The van der Waals surface area contributed by atoms with Gasteiger partial charge in [-0.2, -0.15) is 8.42 Å². The van der Waals surface area contributed by atoms with Crippen molar-refractivity contribution in [2.45, 2.75) is 90.6 Å². The first-order valence-corrected chi connectivity index (χ1v) is 10.5. The van der Waals surface area contributed by atoms with Crippen molar-refractivity contribution in [2.24, 2.45) is 5.92 Å². The molecular weight excluding hydrogens is 300 g/mol. The van der Waals surface area contributed by atoms with E-state index in [4.69, 9.17) is 0 Å². The van der Waals surface area contributed by atoms with Crippen LogP contribution in [0.15, 0.2) is 0 Å². The maximum absolute atomic E-state index is 11.3. The molecule has 0 aliphatic rings. The van der Waals surface area contributed by atoms with Crippen molar-refractivity contribution in [1.82, 2.24) is 0 Å². The molecule has 0 aromatic rings. The summed E-state index contributed by atoms with van der Waals surface area (Å²) in [5, 5.41) is 9.87. The lowest BCUT2D eigenvalue weighted by atomic mass is 9.97. The summed E-state index contributed by atoms with van der Waals surface area (Å²) in [5.74, 6) is -0.304. The molecule has 0 aliphatic carbocycles. The van der Waals surface area contributed by atoms with Crippen LogP contribution in [-0.4, -0.2) is 32.5 Å². The Bertz CT molecular complexity index is 341. The van der Waals surface area contributed by atoms with Gasteiger partial charge in [0, 0.05) is 0 Å².